The fourth-order valence-electron chi connectivity index (χ4n) is 4.09. The van der Waals surface area contributed by atoms with E-state index in [1.54, 1.807) is 4.90 Å². The minimum absolute atomic E-state index is 0.0278. The molecule has 1 aromatic rings. The van der Waals surface area contributed by atoms with Crippen molar-refractivity contribution in [2.24, 2.45) is 5.92 Å². The number of piperidine rings is 1. The van der Waals surface area contributed by atoms with Crippen LogP contribution < -0.4 is 0 Å². The van der Waals surface area contributed by atoms with E-state index in [9.17, 15) is 9.59 Å². The Morgan fingerprint density at radius 2 is 1.70 bits per heavy atom. The number of amides is 2. The summed E-state index contributed by atoms with van der Waals surface area (Å²) >= 11 is 0. The van der Waals surface area contributed by atoms with Gasteiger partial charge in [0.15, 0.2) is 0 Å². The van der Waals surface area contributed by atoms with Gasteiger partial charge < -0.3 is 14.5 Å². The van der Waals surface area contributed by atoms with Crippen molar-refractivity contribution in [1.82, 2.24) is 9.80 Å². The number of carbonyl (C=O) groups is 2. The van der Waals surface area contributed by atoms with Crippen LogP contribution in [-0.4, -0.2) is 53.1 Å². The topological polar surface area (TPSA) is 49.9 Å². The van der Waals surface area contributed by atoms with Crippen LogP contribution in [0.4, 0.5) is 4.79 Å². The number of hydrogen-bond donors (Lipinski definition) is 0. The second-order valence-corrected chi connectivity index (χ2v) is 8.76. The summed E-state index contributed by atoms with van der Waals surface area (Å²) in [7, 11) is 0. The highest BCUT2D eigenvalue weighted by molar-refractivity contribution is 5.80. The Morgan fingerprint density at radius 1 is 1.04 bits per heavy atom. The summed E-state index contributed by atoms with van der Waals surface area (Å²) < 4.78 is 5.45. The van der Waals surface area contributed by atoms with E-state index in [-0.39, 0.29) is 17.9 Å². The van der Waals surface area contributed by atoms with Crippen molar-refractivity contribution >= 4 is 12.0 Å². The van der Waals surface area contributed by atoms with Gasteiger partial charge in [-0.25, -0.2) is 4.79 Å². The standard InChI is InChI=1S/C22H32N2O3/c1-22(2,3)27-21(26)23-14-11-18(12-15-23)20(25)24-13-7-10-19(24)16-17-8-5-4-6-9-17/h4-6,8-9,18-19H,7,10-16H2,1-3H3. The van der Waals surface area contributed by atoms with Crippen LogP contribution in [0, 0.1) is 5.92 Å². The molecule has 2 aliphatic heterocycles. The van der Waals surface area contributed by atoms with Crippen molar-refractivity contribution in [2.75, 3.05) is 19.6 Å². The van der Waals surface area contributed by atoms with E-state index in [1.165, 1.54) is 5.56 Å². The van der Waals surface area contributed by atoms with E-state index in [2.05, 4.69) is 29.2 Å². The maximum Gasteiger partial charge on any atom is 0.410 e. The van der Waals surface area contributed by atoms with Crippen molar-refractivity contribution in [2.45, 2.75) is 64.5 Å². The van der Waals surface area contributed by atoms with Crippen LogP contribution in [0.2, 0.25) is 0 Å². The SMILES string of the molecule is CC(C)(C)OC(=O)N1CCC(C(=O)N2CCCC2Cc2ccccc2)CC1. The summed E-state index contributed by atoms with van der Waals surface area (Å²) in [5, 5.41) is 0. The van der Waals surface area contributed by atoms with Gasteiger partial charge in [0.2, 0.25) is 5.91 Å². The summed E-state index contributed by atoms with van der Waals surface area (Å²) in [6.45, 7) is 7.69. The average molecular weight is 373 g/mol. The van der Waals surface area contributed by atoms with Gasteiger partial charge in [-0.3, -0.25) is 4.79 Å². The van der Waals surface area contributed by atoms with Gasteiger partial charge in [0, 0.05) is 31.6 Å². The van der Waals surface area contributed by atoms with Gasteiger partial charge in [0.05, 0.1) is 0 Å². The number of carbonyl (C=O) groups excluding carboxylic acids is 2. The Bertz CT molecular complexity index is 645. The second kappa shape index (κ2) is 8.32. The maximum atomic E-state index is 13.1. The normalized spacial score (nSPS) is 21.4. The molecule has 5 heteroatoms. The summed E-state index contributed by atoms with van der Waals surface area (Å²) in [5.41, 5.74) is 0.811. The summed E-state index contributed by atoms with van der Waals surface area (Å²) in [5.74, 6) is 0.303. The molecule has 0 aromatic heterocycles. The smallest absolute Gasteiger partial charge is 0.410 e. The highest BCUT2D eigenvalue weighted by atomic mass is 16.6. The Balaban J connectivity index is 1.53. The molecule has 0 radical (unpaired) electrons. The molecule has 0 aliphatic carbocycles. The molecule has 0 bridgehead atoms. The molecule has 1 aromatic carbocycles. The van der Waals surface area contributed by atoms with Crippen LogP contribution >= 0.6 is 0 Å². The number of ether oxygens (including phenoxy) is 1. The van der Waals surface area contributed by atoms with Crippen LogP contribution in [0.1, 0.15) is 52.0 Å². The van der Waals surface area contributed by atoms with Gasteiger partial charge in [0.25, 0.3) is 0 Å². The lowest BCUT2D eigenvalue weighted by molar-refractivity contribution is -0.137. The van der Waals surface area contributed by atoms with Crippen molar-refractivity contribution in [3.8, 4) is 0 Å². The predicted octanol–water partition coefficient (Wildman–Crippen LogP) is 3.87. The zero-order chi connectivity index (χ0) is 19.4. The molecule has 0 N–H and O–H groups in total. The van der Waals surface area contributed by atoms with E-state index >= 15 is 0 Å². The Morgan fingerprint density at radius 3 is 2.33 bits per heavy atom. The maximum absolute atomic E-state index is 13.1. The van der Waals surface area contributed by atoms with E-state index in [4.69, 9.17) is 4.74 Å². The average Bonchev–Trinajstić information content (AvgIpc) is 3.09. The van der Waals surface area contributed by atoms with Crippen LogP contribution in [0.3, 0.4) is 0 Å². The van der Waals surface area contributed by atoms with Crippen molar-refractivity contribution in [3.63, 3.8) is 0 Å². The Kier molecular flexibility index (Phi) is 6.08. The molecule has 2 saturated heterocycles. The first-order chi connectivity index (χ1) is 12.8. The molecular formula is C22H32N2O3. The van der Waals surface area contributed by atoms with Crippen molar-refractivity contribution in [3.05, 3.63) is 35.9 Å². The van der Waals surface area contributed by atoms with Gasteiger partial charge >= 0.3 is 6.09 Å². The molecule has 0 spiro atoms. The van der Waals surface area contributed by atoms with Crippen molar-refractivity contribution < 1.29 is 14.3 Å². The molecule has 2 fully saturated rings. The molecule has 2 amide bonds. The first kappa shape index (κ1) is 19.7. The number of rotatable bonds is 3. The van der Waals surface area contributed by atoms with Gasteiger partial charge in [-0.15, -0.1) is 0 Å². The largest absolute Gasteiger partial charge is 0.444 e. The molecule has 2 aliphatic rings. The third-order valence-electron chi connectivity index (χ3n) is 5.47. The molecule has 148 valence electrons. The van der Waals surface area contributed by atoms with Crippen LogP contribution in [0.15, 0.2) is 30.3 Å². The highest BCUT2D eigenvalue weighted by Crippen LogP contribution is 2.27. The molecule has 2 heterocycles. The quantitative estimate of drug-likeness (QED) is 0.809. The van der Waals surface area contributed by atoms with Gasteiger partial charge in [-0.05, 0) is 58.4 Å². The fourth-order valence-corrected chi connectivity index (χ4v) is 4.09. The van der Waals surface area contributed by atoms with Gasteiger partial charge in [0.1, 0.15) is 5.60 Å². The first-order valence-electron chi connectivity index (χ1n) is 10.2. The minimum Gasteiger partial charge on any atom is -0.444 e. The van der Waals surface area contributed by atoms with Gasteiger partial charge in [-0.1, -0.05) is 30.3 Å². The molecular weight excluding hydrogens is 340 g/mol. The highest BCUT2D eigenvalue weighted by Gasteiger charge is 2.36. The fraction of sp³-hybridized carbons (Fsp3) is 0.636. The van der Waals surface area contributed by atoms with E-state index in [0.717, 1.165) is 38.6 Å². The minimum atomic E-state index is -0.482. The molecule has 1 atom stereocenters. The predicted molar refractivity (Wildman–Crippen MR) is 105 cm³/mol. The molecule has 1 unspecified atom stereocenters. The lowest BCUT2D eigenvalue weighted by atomic mass is 9.94. The zero-order valence-corrected chi connectivity index (χ0v) is 16.8. The monoisotopic (exact) mass is 372 g/mol. The van der Waals surface area contributed by atoms with Crippen LogP contribution in [-0.2, 0) is 16.0 Å². The Hall–Kier alpha value is -2.04. The van der Waals surface area contributed by atoms with E-state index in [0.29, 0.717) is 19.1 Å². The van der Waals surface area contributed by atoms with Gasteiger partial charge in [-0.2, -0.15) is 0 Å². The third kappa shape index (κ3) is 5.24. The summed E-state index contributed by atoms with van der Waals surface area (Å²) in [6, 6.07) is 10.7. The third-order valence-corrected chi connectivity index (χ3v) is 5.47. The lowest BCUT2D eigenvalue weighted by Crippen LogP contribution is -2.47. The summed E-state index contributed by atoms with van der Waals surface area (Å²) in [4.78, 5) is 29.1. The zero-order valence-electron chi connectivity index (χ0n) is 16.8. The molecule has 5 nitrogen and oxygen atoms in total. The van der Waals surface area contributed by atoms with Crippen molar-refractivity contribution in [1.29, 1.82) is 0 Å². The lowest BCUT2D eigenvalue weighted by Gasteiger charge is -2.35. The molecule has 27 heavy (non-hydrogen) atoms. The molecule has 0 saturated carbocycles. The molecule has 3 rings (SSSR count). The van der Waals surface area contributed by atoms with Crippen LogP contribution in [0.25, 0.3) is 0 Å². The number of likely N-dealkylation sites (tertiary alicyclic amines) is 2. The Labute approximate surface area is 162 Å². The van der Waals surface area contributed by atoms with Crippen LogP contribution in [0.5, 0.6) is 0 Å². The number of benzene rings is 1. The number of nitrogens with zero attached hydrogens (tertiary/aromatic N) is 2. The van der Waals surface area contributed by atoms with E-state index in [1.807, 2.05) is 26.8 Å². The second-order valence-electron chi connectivity index (χ2n) is 8.76. The van der Waals surface area contributed by atoms with E-state index < -0.39 is 5.60 Å². The summed E-state index contributed by atoms with van der Waals surface area (Å²) in [6.07, 6.45) is 4.29. The first-order valence-corrected chi connectivity index (χ1v) is 10.2. The number of hydrogen-bond acceptors (Lipinski definition) is 3.